The summed E-state index contributed by atoms with van der Waals surface area (Å²) >= 11 is 0. The Morgan fingerprint density at radius 1 is 1.12 bits per heavy atom. The number of aliphatic hydroxyl groups excluding tert-OH is 1. The van der Waals surface area contributed by atoms with Crippen LogP contribution in [0.5, 0.6) is 11.5 Å². The van der Waals surface area contributed by atoms with Crippen LogP contribution in [0.15, 0.2) is 42.5 Å². The van der Waals surface area contributed by atoms with Gasteiger partial charge < -0.3 is 14.9 Å². The highest BCUT2D eigenvalue weighted by Crippen LogP contribution is 2.61. The van der Waals surface area contributed by atoms with Gasteiger partial charge in [0.1, 0.15) is 0 Å². The standard InChI is InChI=1S/C27H33NO4/c1-16-4-6-17(7-5-16)15-32-28-23-12-20-18(10-11-27(2)22(20)8-9-26(27)30)19-14-25(31-3)24(29)13-21(19)23/h4-7,12-14,18,20,22,26,28-30H,8-11,15H2,1-3H3/t18-,20-,22+,26+,27+/m1/s1. The zero-order valence-electron chi connectivity index (χ0n) is 19.1. The van der Waals surface area contributed by atoms with E-state index in [0.717, 1.165) is 42.5 Å². The number of phenols is 1. The molecule has 0 aliphatic heterocycles. The summed E-state index contributed by atoms with van der Waals surface area (Å²) in [5.74, 6) is 1.73. The number of aryl methyl sites for hydroxylation is 1. The fourth-order valence-electron chi connectivity index (χ4n) is 6.30. The monoisotopic (exact) mass is 435 g/mol. The molecule has 5 nitrogen and oxygen atoms in total. The number of benzene rings is 2. The molecule has 0 spiro atoms. The van der Waals surface area contributed by atoms with Crippen molar-refractivity contribution >= 4 is 5.70 Å². The van der Waals surface area contributed by atoms with Crippen molar-refractivity contribution in [2.45, 2.75) is 58.2 Å². The van der Waals surface area contributed by atoms with Crippen LogP contribution in [0.3, 0.4) is 0 Å². The third-order valence-electron chi connectivity index (χ3n) is 8.22. The van der Waals surface area contributed by atoms with E-state index in [-0.39, 0.29) is 17.3 Å². The summed E-state index contributed by atoms with van der Waals surface area (Å²) in [4.78, 5) is 5.91. The van der Waals surface area contributed by atoms with Gasteiger partial charge in [-0.2, -0.15) is 0 Å². The quantitative estimate of drug-likeness (QED) is 0.573. The number of allylic oxidation sites excluding steroid dienone is 1. The van der Waals surface area contributed by atoms with E-state index in [1.165, 1.54) is 11.1 Å². The van der Waals surface area contributed by atoms with E-state index < -0.39 is 0 Å². The minimum Gasteiger partial charge on any atom is -0.504 e. The number of hydrogen-bond acceptors (Lipinski definition) is 5. The van der Waals surface area contributed by atoms with E-state index in [4.69, 9.17) is 9.57 Å². The van der Waals surface area contributed by atoms with Crippen molar-refractivity contribution in [2.24, 2.45) is 17.3 Å². The summed E-state index contributed by atoms with van der Waals surface area (Å²) in [5, 5.41) is 21.2. The number of fused-ring (bicyclic) bond motifs is 5. The molecular weight excluding hydrogens is 402 g/mol. The molecule has 2 aromatic carbocycles. The van der Waals surface area contributed by atoms with Crippen molar-refractivity contribution in [1.29, 1.82) is 0 Å². The number of aromatic hydroxyl groups is 1. The summed E-state index contributed by atoms with van der Waals surface area (Å²) in [6.45, 7) is 4.78. The molecule has 2 fully saturated rings. The van der Waals surface area contributed by atoms with Crippen LogP contribution in [0.4, 0.5) is 0 Å². The summed E-state index contributed by atoms with van der Waals surface area (Å²) in [7, 11) is 1.59. The van der Waals surface area contributed by atoms with Crippen molar-refractivity contribution in [3.05, 3.63) is 64.7 Å². The molecule has 0 amide bonds. The first kappa shape index (κ1) is 21.4. The summed E-state index contributed by atoms with van der Waals surface area (Å²) in [5.41, 5.74) is 8.52. The lowest BCUT2D eigenvalue weighted by Gasteiger charge is -2.49. The van der Waals surface area contributed by atoms with Gasteiger partial charge in [0, 0.05) is 5.56 Å². The Bertz CT molecular complexity index is 1030. The van der Waals surface area contributed by atoms with Crippen LogP contribution in [0.25, 0.3) is 5.70 Å². The summed E-state index contributed by atoms with van der Waals surface area (Å²) in [6, 6.07) is 12.1. The lowest BCUT2D eigenvalue weighted by molar-refractivity contribution is -0.00877. The first-order valence-electron chi connectivity index (χ1n) is 11.6. The van der Waals surface area contributed by atoms with Crippen LogP contribution >= 0.6 is 0 Å². The third-order valence-corrected chi connectivity index (χ3v) is 8.22. The van der Waals surface area contributed by atoms with Crippen LogP contribution in [0, 0.1) is 24.2 Å². The molecule has 5 atom stereocenters. The zero-order chi connectivity index (χ0) is 22.5. The highest BCUT2D eigenvalue weighted by molar-refractivity contribution is 5.72. The number of ether oxygens (including phenoxy) is 1. The minimum absolute atomic E-state index is 0.0377. The van der Waals surface area contributed by atoms with Crippen molar-refractivity contribution in [3.63, 3.8) is 0 Å². The normalized spacial score (nSPS) is 30.7. The van der Waals surface area contributed by atoms with Gasteiger partial charge in [-0.3, -0.25) is 10.3 Å². The lowest BCUT2D eigenvalue weighted by Crippen LogP contribution is -2.43. The van der Waals surface area contributed by atoms with Crippen LogP contribution < -0.4 is 10.2 Å². The Kier molecular flexibility index (Phi) is 5.42. The molecular formula is C27H33NO4. The maximum atomic E-state index is 10.7. The van der Waals surface area contributed by atoms with Crippen LogP contribution in [-0.4, -0.2) is 23.4 Å². The van der Waals surface area contributed by atoms with E-state index >= 15 is 0 Å². The van der Waals surface area contributed by atoms with Crippen LogP contribution in [-0.2, 0) is 11.4 Å². The molecule has 3 N–H and O–H groups in total. The second kappa shape index (κ2) is 8.13. The Labute approximate surface area is 190 Å². The Hall–Kier alpha value is -2.50. The third kappa shape index (κ3) is 3.48. The lowest BCUT2D eigenvalue weighted by atomic mass is 9.56. The molecule has 0 saturated heterocycles. The first-order chi connectivity index (χ1) is 15.4. The van der Waals surface area contributed by atoms with Crippen LogP contribution in [0.2, 0.25) is 0 Å². The van der Waals surface area contributed by atoms with Gasteiger partial charge in [-0.25, -0.2) is 0 Å². The maximum Gasteiger partial charge on any atom is 0.160 e. The van der Waals surface area contributed by atoms with Gasteiger partial charge in [-0.1, -0.05) is 42.8 Å². The van der Waals surface area contributed by atoms with E-state index in [0.29, 0.717) is 30.1 Å². The number of hydroxylamine groups is 1. The largest absolute Gasteiger partial charge is 0.504 e. The van der Waals surface area contributed by atoms with E-state index in [1.807, 2.05) is 6.07 Å². The van der Waals surface area contributed by atoms with Crippen molar-refractivity contribution in [1.82, 2.24) is 5.48 Å². The number of phenolic OH excluding ortho intramolecular Hbond substituents is 1. The molecule has 32 heavy (non-hydrogen) atoms. The van der Waals surface area contributed by atoms with Gasteiger partial charge in [0.05, 0.1) is 25.5 Å². The molecule has 5 heteroatoms. The molecule has 3 aliphatic carbocycles. The summed E-state index contributed by atoms with van der Waals surface area (Å²) < 4.78 is 5.44. The number of hydrogen-bond donors (Lipinski definition) is 3. The highest BCUT2D eigenvalue weighted by Gasteiger charge is 2.54. The highest BCUT2D eigenvalue weighted by atomic mass is 16.6. The molecule has 0 heterocycles. The maximum absolute atomic E-state index is 10.7. The van der Waals surface area contributed by atoms with Gasteiger partial charge >= 0.3 is 0 Å². The minimum atomic E-state index is -0.230. The number of nitrogens with one attached hydrogen (secondary N) is 1. The van der Waals surface area contributed by atoms with E-state index in [9.17, 15) is 10.2 Å². The fourth-order valence-corrected chi connectivity index (χ4v) is 6.30. The summed E-state index contributed by atoms with van der Waals surface area (Å²) in [6.07, 6.45) is 6.00. The molecule has 5 rings (SSSR count). The average Bonchev–Trinajstić information content (AvgIpc) is 3.09. The Morgan fingerprint density at radius 3 is 2.66 bits per heavy atom. The predicted molar refractivity (Wildman–Crippen MR) is 124 cm³/mol. The van der Waals surface area contributed by atoms with Gasteiger partial charge in [0.2, 0.25) is 0 Å². The van der Waals surface area contributed by atoms with Crippen molar-refractivity contribution in [3.8, 4) is 11.5 Å². The predicted octanol–water partition coefficient (Wildman–Crippen LogP) is 5.06. The fraction of sp³-hybridized carbons (Fsp3) is 0.481. The van der Waals surface area contributed by atoms with Crippen molar-refractivity contribution in [2.75, 3.05) is 7.11 Å². The SMILES string of the molecule is COc1cc2c(cc1O)C(NOCc1ccc(C)cc1)=C[C@@H]1[C@@H]2CC[C@]2(C)[C@@H](O)CC[C@@H]12. The molecule has 0 radical (unpaired) electrons. The molecule has 0 bridgehead atoms. The van der Waals surface area contributed by atoms with Gasteiger partial charge in [0.15, 0.2) is 11.5 Å². The Balaban J connectivity index is 1.47. The van der Waals surface area contributed by atoms with Crippen LogP contribution in [0.1, 0.15) is 60.8 Å². The molecule has 0 aromatic heterocycles. The van der Waals surface area contributed by atoms with Gasteiger partial charge in [-0.15, -0.1) is 0 Å². The van der Waals surface area contributed by atoms with Gasteiger partial charge in [0.25, 0.3) is 0 Å². The molecule has 2 saturated carbocycles. The zero-order valence-corrected chi connectivity index (χ0v) is 19.1. The molecule has 3 aliphatic rings. The number of methoxy groups -OCH3 is 1. The molecule has 2 aromatic rings. The molecule has 170 valence electrons. The number of rotatable bonds is 5. The Morgan fingerprint density at radius 2 is 1.91 bits per heavy atom. The van der Waals surface area contributed by atoms with Gasteiger partial charge in [-0.05, 0) is 79.0 Å². The smallest absolute Gasteiger partial charge is 0.160 e. The van der Waals surface area contributed by atoms with Crippen molar-refractivity contribution < 1.29 is 19.8 Å². The first-order valence-corrected chi connectivity index (χ1v) is 11.6. The second-order valence-corrected chi connectivity index (χ2v) is 10.00. The topological polar surface area (TPSA) is 71.0 Å². The molecule has 0 unspecified atom stereocenters. The second-order valence-electron chi connectivity index (χ2n) is 10.00. The average molecular weight is 436 g/mol. The van der Waals surface area contributed by atoms with E-state index in [1.54, 1.807) is 13.2 Å². The number of aliphatic hydroxyl groups is 1. The van der Waals surface area contributed by atoms with E-state index in [2.05, 4.69) is 49.7 Å².